The fourth-order valence-electron chi connectivity index (χ4n) is 5.95. The Hall–Kier alpha value is -3.25. The first-order valence-electron chi connectivity index (χ1n) is 13.9. The monoisotopic (exact) mass is 562 g/mol. The molecule has 11 heteroatoms. The first-order chi connectivity index (χ1) is 19.1. The van der Waals surface area contributed by atoms with Crippen LogP contribution in [0.5, 0.6) is 0 Å². The summed E-state index contributed by atoms with van der Waals surface area (Å²) in [6.45, 7) is 4.96. The van der Waals surface area contributed by atoms with Gasteiger partial charge in [-0.05, 0) is 54.7 Å². The van der Waals surface area contributed by atoms with Crippen LogP contribution in [0.15, 0.2) is 55.0 Å². The number of anilines is 3. The van der Waals surface area contributed by atoms with Gasteiger partial charge in [-0.15, -0.1) is 0 Å². The Bertz CT molecular complexity index is 1290. The summed E-state index contributed by atoms with van der Waals surface area (Å²) in [5.74, 6) is 1.53. The highest BCUT2D eigenvalue weighted by Gasteiger charge is 2.29. The van der Waals surface area contributed by atoms with E-state index in [-0.39, 0.29) is 32.1 Å². The van der Waals surface area contributed by atoms with Crippen molar-refractivity contribution in [2.45, 2.75) is 37.9 Å². The number of carbonyl (C=O) groups excluding carboxylic acids is 1. The van der Waals surface area contributed by atoms with Gasteiger partial charge in [0, 0.05) is 81.2 Å². The number of piperazine rings is 1. The zero-order valence-electron chi connectivity index (χ0n) is 22.7. The summed E-state index contributed by atoms with van der Waals surface area (Å²) in [4.78, 5) is 33.4. The summed E-state index contributed by atoms with van der Waals surface area (Å²) in [5.41, 5.74) is 4.05. The van der Waals surface area contributed by atoms with Crippen molar-refractivity contribution < 1.29 is 9.90 Å². The molecular formula is C29H38N8O2S. The molecule has 2 aromatic heterocycles. The molecule has 2 fully saturated rings. The van der Waals surface area contributed by atoms with E-state index in [1.165, 1.54) is 0 Å². The minimum Gasteiger partial charge on any atom is -0.395 e. The van der Waals surface area contributed by atoms with E-state index in [0.717, 1.165) is 79.6 Å². The van der Waals surface area contributed by atoms with Gasteiger partial charge < -0.3 is 20.6 Å². The second-order valence-electron chi connectivity index (χ2n) is 10.7. The lowest BCUT2D eigenvalue weighted by Crippen LogP contribution is -2.55. The van der Waals surface area contributed by atoms with Crippen molar-refractivity contribution in [1.29, 1.82) is 0 Å². The largest absolute Gasteiger partial charge is 0.395 e. The van der Waals surface area contributed by atoms with Crippen LogP contribution in [0.2, 0.25) is 0 Å². The average molecular weight is 563 g/mol. The van der Waals surface area contributed by atoms with Gasteiger partial charge in [-0.2, -0.15) is 13.5 Å². The van der Waals surface area contributed by atoms with E-state index in [9.17, 15) is 9.90 Å². The quantitative estimate of drug-likeness (QED) is 0.412. The molecule has 10 nitrogen and oxygen atoms in total. The van der Waals surface area contributed by atoms with Gasteiger partial charge in [0.25, 0.3) is 0 Å². The molecule has 8 bridgehead atoms. The average Bonchev–Trinajstić information content (AvgIpc) is 3.42. The third-order valence-corrected chi connectivity index (χ3v) is 8.02. The molecule has 1 amide bonds. The molecule has 9 rings (SSSR count). The van der Waals surface area contributed by atoms with Crippen molar-refractivity contribution in [1.82, 2.24) is 30.1 Å². The molecule has 212 valence electrons. The molecule has 3 N–H and O–H groups in total. The van der Waals surface area contributed by atoms with Crippen molar-refractivity contribution >= 4 is 36.9 Å². The van der Waals surface area contributed by atoms with Crippen LogP contribution in [0.1, 0.15) is 24.8 Å². The maximum Gasteiger partial charge on any atom is 0.234 e. The molecule has 4 unspecified atom stereocenters. The third-order valence-electron chi connectivity index (χ3n) is 8.02. The van der Waals surface area contributed by atoms with Crippen LogP contribution in [0.4, 0.5) is 17.5 Å². The minimum absolute atomic E-state index is 0. The van der Waals surface area contributed by atoms with Gasteiger partial charge in [-0.25, -0.2) is 15.0 Å². The van der Waals surface area contributed by atoms with Crippen LogP contribution < -0.4 is 15.5 Å². The summed E-state index contributed by atoms with van der Waals surface area (Å²) in [6, 6.07) is 12.6. The maximum absolute atomic E-state index is 12.7. The summed E-state index contributed by atoms with van der Waals surface area (Å²) in [5, 5.41) is 16.7. The number of nitrogens with one attached hydrogen (secondary N) is 2. The molecule has 0 aliphatic carbocycles. The van der Waals surface area contributed by atoms with Crippen LogP contribution in [0.25, 0.3) is 11.1 Å². The summed E-state index contributed by atoms with van der Waals surface area (Å²) in [6.07, 6.45) is 8.59. The molecule has 6 aliphatic heterocycles. The number of benzene rings is 1. The number of nitrogens with zero attached hydrogens (tertiary/aromatic N) is 6. The van der Waals surface area contributed by atoms with Crippen molar-refractivity contribution in [3.8, 4) is 11.1 Å². The Morgan fingerprint density at radius 2 is 1.85 bits per heavy atom. The zero-order chi connectivity index (χ0) is 26.6. The summed E-state index contributed by atoms with van der Waals surface area (Å²) in [7, 11) is 0. The standard InChI is InChI=1S/C29H36N8O2.H2S/c38-20-26-18-35-11-12-36(26)17-21-3-1-4-24(13-21)34-27-14-22(6-8-30-27)23-15-32-29(33-16-23)37-10-2-5-25(37)7-9-31-28(39)19-35;/h1,3-4,6,8,13-16,25-26,38H,2,5,7,9-12,17-20H2,(H,30,34)(H,31,39);1H2. The van der Waals surface area contributed by atoms with Crippen molar-refractivity contribution in [3.63, 3.8) is 0 Å². The first-order valence-corrected chi connectivity index (χ1v) is 13.9. The number of aliphatic hydroxyl groups is 1. The van der Waals surface area contributed by atoms with Crippen molar-refractivity contribution in [3.05, 3.63) is 60.6 Å². The van der Waals surface area contributed by atoms with Crippen molar-refractivity contribution in [2.24, 2.45) is 0 Å². The predicted molar refractivity (Wildman–Crippen MR) is 161 cm³/mol. The highest BCUT2D eigenvalue weighted by Crippen LogP contribution is 2.27. The van der Waals surface area contributed by atoms with Crippen LogP contribution in [0, 0.1) is 0 Å². The number of hydrogen-bond acceptors (Lipinski definition) is 9. The van der Waals surface area contributed by atoms with Gasteiger partial charge in [0.15, 0.2) is 0 Å². The van der Waals surface area contributed by atoms with E-state index in [2.05, 4.69) is 42.5 Å². The van der Waals surface area contributed by atoms with Gasteiger partial charge >= 0.3 is 0 Å². The lowest BCUT2D eigenvalue weighted by Gasteiger charge is -2.40. The third kappa shape index (κ3) is 6.55. The number of amides is 1. The van der Waals surface area contributed by atoms with Gasteiger partial charge in [0.2, 0.25) is 11.9 Å². The normalized spacial score (nSPS) is 24.9. The lowest BCUT2D eigenvalue weighted by atomic mass is 10.1. The van der Waals surface area contributed by atoms with Crippen LogP contribution >= 0.6 is 13.5 Å². The number of aliphatic hydroxyl groups excluding tert-OH is 1. The number of pyridine rings is 1. The molecule has 1 aromatic carbocycles. The van der Waals surface area contributed by atoms with E-state index in [0.29, 0.717) is 25.7 Å². The molecule has 40 heavy (non-hydrogen) atoms. The second-order valence-corrected chi connectivity index (χ2v) is 10.7. The highest BCUT2D eigenvalue weighted by molar-refractivity contribution is 7.59. The van der Waals surface area contributed by atoms with E-state index < -0.39 is 0 Å². The summed E-state index contributed by atoms with van der Waals surface area (Å²) >= 11 is 0. The van der Waals surface area contributed by atoms with Crippen LogP contribution in [-0.2, 0) is 11.3 Å². The fourth-order valence-corrected chi connectivity index (χ4v) is 5.95. The van der Waals surface area contributed by atoms with E-state index in [4.69, 9.17) is 9.97 Å². The first kappa shape index (κ1) is 28.3. The van der Waals surface area contributed by atoms with E-state index in [1.54, 1.807) is 6.20 Å². The highest BCUT2D eigenvalue weighted by atomic mass is 32.1. The van der Waals surface area contributed by atoms with Gasteiger partial charge in [-0.3, -0.25) is 14.6 Å². The molecule has 0 saturated carbocycles. The van der Waals surface area contributed by atoms with E-state index >= 15 is 0 Å². The van der Waals surface area contributed by atoms with Crippen molar-refractivity contribution in [2.75, 3.05) is 56.1 Å². The predicted octanol–water partition coefficient (Wildman–Crippen LogP) is 2.36. The molecule has 6 aliphatic rings. The van der Waals surface area contributed by atoms with Gasteiger partial charge in [0.05, 0.1) is 13.2 Å². The Balaban J connectivity index is 0.00000323. The molecule has 0 radical (unpaired) electrons. The Morgan fingerprint density at radius 3 is 2.70 bits per heavy atom. The SMILES string of the molecule is O=C1CN2CCN(Cc3cccc(c3)Nc3cc(ccn3)-c3cnc(nc3)N3CCCC3CCN1)C(CO)C2.S. The molecule has 8 heterocycles. The van der Waals surface area contributed by atoms with Gasteiger partial charge in [-0.1, -0.05) is 12.1 Å². The maximum atomic E-state index is 12.7. The number of rotatable bonds is 1. The number of aromatic nitrogens is 3. The minimum atomic E-state index is -0.0142. The number of hydrogen-bond donors (Lipinski definition) is 3. The van der Waals surface area contributed by atoms with Crippen LogP contribution in [-0.4, -0.2) is 93.7 Å². The molecular weight excluding hydrogens is 524 g/mol. The smallest absolute Gasteiger partial charge is 0.234 e. The zero-order valence-corrected chi connectivity index (χ0v) is 23.7. The molecule has 0 spiro atoms. The molecule has 3 aromatic rings. The summed E-state index contributed by atoms with van der Waals surface area (Å²) < 4.78 is 0. The number of carbonyl (C=O) groups is 1. The van der Waals surface area contributed by atoms with Crippen LogP contribution in [0.3, 0.4) is 0 Å². The van der Waals surface area contributed by atoms with E-state index in [1.807, 2.05) is 36.7 Å². The second kappa shape index (κ2) is 12.9. The van der Waals surface area contributed by atoms with Gasteiger partial charge in [0.1, 0.15) is 5.82 Å². The topological polar surface area (TPSA) is 110 Å². The Kier molecular flexibility index (Phi) is 9.15. The lowest BCUT2D eigenvalue weighted by molar-refractivity contribution is -0.123. The Labute approximate surface area is 242 Å². The fraction of sp³-hybridized carbons (Fsp3) is 0.448. The molecule has 2 saturated heterocycles. The molecule has 4 atom stereocenters. The Morgan fingerprint density at radius 1 is 0.975 bits per heavy atom.